The van der Waals surface area contributed by atoms with Gasteiger partial charge in [0.05, 0.1) is 17.4 Å². The molecule has 0 radical (unpaired) electrons. The van der Waals surface area contributed by atoms with Gasteiger partial charge in [-0.05, 0) is 44.0 Å². The molecule has 0 N–H and O–H groups in total. The zero-order valence-electron chi connectivity index (χ0n) is 10.6. The Morgan fingerprint density at radius 3 is 2.82 bits per heavy atom. The number of aromatic nitrogens is 2. The van der Waals surface area contributed by atoms with E-state index in [1.807, 2.05) is 17.9 Å². The van der Waals surface area contributed by atoms with Crippen molar-refractivity contribution in [2.45, 2.75) is 12.5 Å². The van der Waals surface area contributed by atoms with Crippen LogP contribution in [-0.2, 0) is 7.05 Å². The van der Waals surface area contributed by atoms with E-state index in [-0.39, 0.29) is 0 Å². The minimum Gasteiger partial charge on any atom is -0.334 e. The Hall–Kier alpha value is -1.00. The first kappa shape index (κ1) is 12.5. The van der Waals surface area contributed by atoms with Crippen LogP contribution in [0.4, 0.5) is 0 Å². The Kier molecular flexibility index (Phi) is 3.74. The predicted molar refractivity (Wildman–Crippen MR) is 75.6 cm³/mol. The SMILES string of the molecule is CN(C)C(CCS)c1ccc2c(c1)ncn2C. The summed E-state index contributed by atoms with van der Waals surface area (Å²) in [4.78, 5) is 6.64. The first-order valence-corrected chi connectivity index (χ1v) is 6.45. The van der Waals surface area contributed by atoms with Crippen LogP contribution in [-0.4, -0.2) is 34.3 Å². The molecule has 92 valence electrons. The van der Waals surface area contributed by atoms with Crippen LogP contribution in [0.5, 0.6) is 0 Å². The van der Waals surface area contributed by atoms with Crippen molar-refractivity contribution in [2.75, 3.05) is 19.8 Å². The monoisotopic (exact) mass is 249 g/mol. The second-order valence-corrected chi connectivity index (χ2v) is 5.04. The average molecular weight is 249 g/mol. The quantitative estimate of drug-likeness (QED) is 0.841. The number of thiol groups is 1. The molecule has 0 saturated heterocycles. The third kappa shape index (κ3) is 2.48. The molecule has 0 bridgehead atoms. The molecule has 1 unspecified atom stereocenters. The molecule has 3 nitrogen and oxygen atoms in total. The molecule has 1 atom stereocenters. The molecular formula is C13H19N3S. The van der Waals surface area contributed by atoms with Crippen LogP contribution < -0.4 is 0 Å². The lowest BCUT2D eigenvalue weighted by atomic mass is 10.0. The highest BCUT2D eigenvalue weighted by atomic mass is 32.1. The summed E-state index contributed by atoms with van der Waals surface area (Å²) in [5, 5.41) is 0. The molecule has 4 heteroatoms. The highest BCUT2D eigenvalue weighted by molar-refractivity contribution is 7.80. The highest BCUT2D eigenvalue weighted by Crippen LogP contribution is 2.25. The molecule has 1 aromatic heterocycles. The standard InChI is InChI=1S/C13H19N3S/c1-15(2)12(6-7-17)10-4-5-13-11(8-10)14-9-16(13)3/h4-5,8-9,12,17H,6-7H2,1-3H3. The van der Waals surface area contributed by atoms with Gasteiger partial charge in [0.1, 0.15) is 0 Å². The second kappa shape index (κ2) is 5.10. The molecule has 2 aromatic rings. The van der Waals surface area contributed by atoms with Crippen molar-refractivity contribution in [2.24, 2.45) is 7.05 Å². The molecule has 1 heterocycles. The fraction of sp³-hybridized carbons (Fsp3) is 0.462. The van der Waals surface area contributed by atoms with Gasteiger partial charge >= 0.3 is 0 Å². The lowest BCUT2D eigenvalue weighted by Gasteiger charge is -2.24. The van der Waals surface area contributed by atoms with E-state index in [0.29, 0.717) is 6.04 Å². The van der Waals surface area contributed by atoms with Crippen molar-refractivity contribution in [3.63, 3.8) is 0 Å². The van der Waals surface area contributed by atoms with Crippen molar-refractivity contribution in [3.05, 3.63) is 30.1 Å². The van der Waals surface area contributed by atoms with Crippen LogP contribution in [0.2, 0.25) is 0 Å². The van der Waals surface area contributed by atoms with Crippen LogP contribution >= 0.6 is 12.6 Å². The molecule has 0 aliphatic carbocycles. The molecule has 1 aromatic carbocycles. The van der Waals surface area contributed by atoms with Gasteiger partial charge in [-0.1, -0.05) is 6.07 Å². The number of rotatable bonds is 4. The summed E-state index contributed by atoms with van der Waals surface area (Å²) in [5.41, 5.74) is 3.56. The van der Waals surface area contributed by atoms with Gasteiger partial charge in [-0.25, -0.2) is 4.98 Å². The molecule has 2 rings (SSSR count). The largest absolute Gasteiger partial charge is 0.334 e. The Bertz CT molecular complexity index is 504. The fourth-order valence-electron chi connectivity index (χ4n) is 2.21. The summed E-state index contributed by atoms with van der Waals surface area (Å²) in [6.45, 7) is 0. The maximum atomic E-state index is 4.41. The molecule has 0 saturated carbocycles. The summed E-state index contributed by atoms with van der Waals surface area (Å²) in [6.07, 6.45) is 2.91. The second-order valence-electron chi connectivity index (χ2n) is 4.60. The van der Waals surface area contributed by atoms with Crippen LogP contribution in [0.3, 0.4) is 0 Å². The molecule has 0 aliphatic heterocycles. The number of hydrogen-bond donors (Lipinski definition) is 1. The van der Waals surface area contributed by atoms with E-state index < -0.39 is 0 Å². The van der Waals surface area contributed by atoms with E-state index in [0.717, 1.165) is 17.7 Å². The fourth-order valence-corrected chi connectivity index (χ4v) is 2.45. The minimum atomic E-state index is 0.416. The Balaban J connectivity index is 2.40. The Labute approximate surface area is 108 Å². The van der Waals surface area contributed by atoms with E-state index in [1.54, 1.807) is 0 Å². The molecule has 0 aliphatic rings. The smallest absolute Gasteiger partial charge is 0.0955 e. The third-order valence-electron chi connectivity index (χ3n) is 3.16. The number of imidazole rings is 1. The van der Waals surface area contributed by atoms with E-state index >= 15 is 0 Å². The van der Waals surface area contributed by atoms with Gasteiger partial charge in [-0.15, -0.1) is 0 Å². The molecule has 0 spiro atoms. The first-order chi connectivity index (χ1) is 8.13. The van der Waals surface area contributed by atoms with Crippen molar-refractivity contribution in [3.8, 4) is 0 Å². The maximum absolute atomic E-state index is 4.41. The number of fused-ring (bicyclic) bond motifs is 1. The summed E-state index contributed by atoms with van der Waals surface area (Å²) in [6, 6.07) is 6.94. The normalized spacial score (nSPS) is 13.5. The summed E-state index contributed by atoms with van der Waals surface area (Å²) in [7, 11) is 6.24. The highest BCUT2D eigenvalue weighted by Gasteiger charge is 2.14. The minimum absolute atomic E-state index is 0.416. The lowest BCUT2D eigenvalue weighted by Crippen LogP contribution is -2.20. The molecule has 0 fully saturated rings. The van der Waals surface area contributed by atoms with Crippen molar-refractivity contribution < 1.29 is 0 Å². The number of benzene rings is 1. The Morgan fingerprint density at radius 1 is 1.41 bits per heavy atom. The summed E-state index contributed by atoms with van der Waals surface area (Å²) < 4.78 is 2.04. The summed E-state index contributed by atoms with van der Waals surface area (Å²) in [5.74, 6) is 0.892. The van der Waals surface area contributed by atoms with Crippen LogP contribution in [0.15, 0.2) is 24.5 Å². The molecular weight excluding hydrogens is 230 g/mol. The van der Waals surface area contributed by atoms with Gasteiger partial charge in [0, 0.05) is 13.1 Å². The zero-order chi connectivity index (χ0) is 12.4. The molecule has 17 heavy (non-hydrogen) atoms. The number of aryl methyl sites for hydroxylation is 1. The Morgan fingerprint density at radius 2 is 2.18 bits per heavy atom. The van der Waals surface area contributed by atoms with E-state index in [4.69, 9.17) is 0 Å². The summed E-state index contributed by atoms with van der Waals surface area (Å²) >= 11 is 4.34. The van der Waals surface area contributed by atoms with E-state index in [1.165, 1.54) is 11.1 Å². The third-order valence-corrected chi connectivity index (χ3v) is 3.42. The van der Waals surface area contributed by atoms with Crippen molar-refractivity contribution in [1.82, 2.24) is 14.5 Å². The van der Waals surface area contributed by atoms with Crippen LogP contribution in [0.1, 0.15) is 18.0 Å². The van der Waals surface area contributed by atoms with Crippen molar-refractivity contribution in [1.29, 1.82) is 0 Å². The van der Waals surface area contributed by atoms with E-state index in [9.17, 15) is 0 Å². The van der Waals surface area contributed by atoms with Gasteiger partial charge in [0.15, 0.2) is 0 Å². The van der Waals surface area contributed by atoms with Gasteiger partial charge < -0.3 is 9.47 Å². The zero-order valence-corrected chi connectivity index (χ0v) is 11.5. The van der Waals surface area contributed by atoms with Crippen molar-refractivity contribution >= 4 is 23.7 Å². The van der Waals surface area contributed by atoms with Crippen LogP contribution in [0.25, 0.3) is 11.0 Å². The van der Waals surface area contributed by atoms with Gasteiger partial charge in [0.2, 0.25) is 0 Å². The van der Waals surface area contributed by atoms with Gasteiger partial charge in [-0.2, -0.15) is 12.6 Å². The first-order valence-electron chi connectivity index (χ1n) is 5.81. The predicted octanol–water partition coefficient (Wildman–Crippen LogP) is 2.50. The lowest BCUT2D eigenvalue weighted by molar-refractivity contribution is 0.294. The van der Waals surface area contributed by atoms with Gasteiger partial charge in [-0.3, -0.25) is 0 Å². The number of hydrogen-bond acceptors (Lipinski definition) is 3. The topological polar surface area (TPSA) is 21.1 Å². The number of nitrogens with zero attached hydrogens (tertiary/aromatic N) is 3. The van der Waals surface area contributed by atoms with Gasteiger partial charge in [0.25, 0.3) is 0 Å². The van der Waals surface area contributed by atoms with E-state index in [2.05, 4.69) is 54.8 Å². The maximum Gasteiger partial charge on any atom is 0.0955 e. The average Bonchev–Trinajstić information content (AvgIpc) is 2.67. The van der Waals surface area contributed by atoms with Crippen LogP contribution in [0, 0.1) is 0 Å². The molecule has 0 amide bonds.